The number of hydrogen-bond acceptors (Lipinski definition) is 4. The Morgan fingerprint density at radius 1 is 1.10 bits per heavy atom. The van der Waals surface area contributed by atoms with Gasteiger partial charge in [-0.3, -0.25) is 9.59 Å². The fraction of sp³-hybridized carbons (Fsp3) is 0.280. The first-order valence-corrected chi connectivity index (χ1v) is 10.5. The van der Waals surface area contributed by atoms with Crippen LogP contribution in [0.1, 0.15) is 23.2 Å². The van der Waals surface area contributed by atoms with E-state index in [-0.39, 0.29) is 24.5 Å². The number of amides is 2. The smallest absolute Gasteiger partial charge is 0.254 e. The zero-order valence-corrected chi connectivity index (χ0v) is 17.5. The molecular formula is C25H26N2O4. The predicted molar refractivity (Wildman–Crippen MR) is 120 cm³/mol. The van der Waals surface area contributed by atoms with E-state index in [0.29, 0.717) is 17.9 Å². The average molecular weight is 418 g/mol. The molecule has 0 spiro atoms. The molecule has 0 unspecified atom stereocenters. The summed E-state index contributed by atoms with van der Waals surface area (Å²) in [5.74, 6) is 0.128. The second kappa shape index (κ2) is 9.62. The molecule has 1 N–H and O–H groups in total. The van der Waals surface area contributed by atoms with Crippen molar-refractivity contribution < 1.29 is 19.1 Å². The molecule has 160 valence electrons. The number of nitrogens with one attached hydrogen (secondary N) is 1. The van der Waals surface area contributed by atoms with Crippen LogP contribution in [-0.4, -0.2) is 49.6 Å². The lowest BCUT2D eigenvalue weighted by molar-refractivity contribution is -0.116. The number of benzene rings is 3. The first-order chi connectivity index (χ1) is 15.1. The van der Waals surface area contributed by atoms with E-state index >= 15 is 0 Å². The van der Waals surface area contributed by atoms with E-state index in [2.05, 4.69) is 5.32 Å². The lowest BCUT2D eigenvalue weighted by Crippen LogP contribution is -2.35. The summed E-state index contributed by atoms with van der Waals surface area (Å²) < 4.78 is 11.4. The van der Waals surface area contributed by atoms with Crippen LogP contribution >= 0.6 is 0 Å². The van der Waals surface area contributed by atoms with Gasteiger partial charge in [-0.15, -0.1) is 0 Å². The zero-order valence-electron chi connectivity index (χ0n) is 17.5. The summed E-state index contributed by atoms with van der Waals surface area (Å²) >= 11 is 0. The quantitative estimate of drug-likeness (QED) is 0.627. The van der Waals surface area contributed by atoms with E-state index < -0.39 is 0 Å². The van der Waals surface area contributed by atoms with E-state index in [1.807, 2.05) is 48.5 Å². The van der Waals surface area contributed by atoms with Crippen LogP contribution in [-0.2, 0) is 9.53 Å². The number of anilines is 1. The monoisotopic (exact) mass is 418 g/mol. The molecule has 1 saturated heterocycles. The first-order valence-electron chi connectivity index (χ1n) is 10.5. The SMILES string of the molecule is CN(CC(=O)Nc1cccc2ccccc12)C(=O)c1cccc(OC[C@@H]2CCCO2)c1. The molecule has 0 aromatic heterocycles. The molecule has 6 heteroatoms. The highest BCUT2D eigenvalue weighted by atomic mass is 16.5. The Kier molecular flexibility index (Phi) is 6.48. The molecule has 2 amide bonds. The van der Waals surface area contributed by atoms with Gasteiger partial charge in [-0.05, 0) is 42.5 Å². The molecule has 1 aliphatic rings. The van der Waals surface area contributed by atoms with Gasteiger partial charge >= 0.3 is 0 Å². The number of fused-ring (bicyclic) bond motifs is 1. The summed E-state index contributed by atoms with van der Waals surface area (Å²) in [6.07, 6.45) is 2.16. The molecule has 0 radical (unpaired) electrons. The van der Waals surface area contributed by atoms with Gasteiger partial charge in [0.1, 0.15) is 12.4 Å². The number of rotatable bonds is 7. The molecule has 1 aliphatic heterocycles. The number of carbonyl (C=O) groups is 2. The van der Waals surface area contributed by atoms with E-state index in [9.17, 15) is 9.59 Å². The Labute approximate surface area is 181 Å². The van der Waals surface area contributed by atoms with Crippen molar-refractivity contribution in [3.63, 3.8) is 0 Å². The van der Waals surface area contributed by atoms with Crippen molar-refractivity contribution in [3.05, 3.63) is 72.3 Å². The molecule has 6 nitrogen and oxygen atoms in total. The molecule has 3 aromatic carbocycles. The van der Waals surface area contributed by atoms with Gasteiger partial charge in [0.05, 0.1) is 12.6 Å². The minimum Gasteiger partial charge on any atom is -0.491 e. The minimum atomic E-state index is -0.252. The maximum atomic E-state index is 12.8. The van der Waals surface area contributed by atoms with Crippen molar-refractivity contribution in [1.82, 2.24) is 4.90 Å². The van der Waals surface area contributed by atoms with Gasteiger partial charge in [-0.1, -0.05) is 42.5 Å². The first kappa shape index (κ1) is 20.9. The third-order valence-electron chi connectivity index (χ3n) is 5.33. The van der Waals surface area contributed by atoms with Gasteiger partial charge in [0.2, 0.25) is 5.91 Å². The zero-order chi connectivity index (χ0) is 21.6. The van der Waals surface area contributed by atoms with Crippen LogP contribution in [0.5, 0.6) is 5.75 Å². The Hall–Kier alpha value is -3.38. The van der Waals surface area contributed by atoms with Gasteiger partial charge in [0.15, 0.2) is 0 Å². The van der Waals surface area contributed by atoms with Crippen molar-refractivity contribution in [2.24, 2.45) is 0 Å². The number of nitrogens with zero attached hydrogens (tertiary/aromatic N) is 1. The Morgan fingerprint density at radius 2 is 1.90 bits per heavy atom. The summed E-state index contributed by atoms with van der Waals surface area (Å²) in [4.78, 5) is 26.8. The molecule has 31 heavy (non-hydrogen) atoms. The van der Waals surface area contributed by atoms with E-state index in [1.54, 1.807) is 25.2 Å². The van der Waals surface area contributed by atoms with E-state index in [1.165, 1.54) is 4.90 Å². The molecule has 0 aliphatic carbocycles. The summed E-state index contributed by atoms with van der Waals surface area (Å²) in [6, 6.07) is 20.6. The lowest BCUT2D eigenvalue weighted by atomic mass is 10.1. The molecule has 0 saturated carbocycles. The van der Waals surface area contributed by atoms with E-state index in [4.69, 9.17) is 9.47 Å². The topological polar surface area (TPSA) is 67.9 Å². The van der Waals surface area contributed by atoms with Crippen LogP contribution in [0, 0.1) is 0 Å². The van der Waals surface area contributed by atoms with Crippen LogP contribution in [0.25, 0.3) is 10.8 Å². The maximum absolute atomic E-state index is 12.8. The standard InChI is InChI=1S/C25H26N2O4/c1-27(16-24(28)26-23-13-5-8-18-7-2-3-12-22(18)23)25(29)19-9-4-10-20(15-19)31-17-21-11-6-14-30-21/h2-5,7-10,12-13,15,21H,6,11,14,16-17H2,1H3,(H,26,28)/t21-/m0/s1. The van der Waals surface area contributed by atoms with Crippen LogP contribution in [0.3, 0.4) is 0 Å². The van der Waals surface area contributed by atoms with Crippen molar-refractivity contribution in [1.29, 1.82) is 0 Å². The Balaban J connectivity index is 1.36. The van der Waals surface area contributed by atoms with Crippen LogP contribution < -0.4 is 10.1 Å². The van der Waals surface area contributed by atoms with Crippen LogP contribution in [0.4, 0.5) is 5.69 Å². The fourth-order valence-corrected chi connectivity index (χ4v) is 3.72. The highest BCUT2D eigenvalue weighted by Crippen LogP contribution is 2.23. The molecular weight excluding hydrogens is 392 g/mol. The molecule has 1 atom stereocenters. The number of ether oxygens (including phenoxy) is 2. The Morgan fingerprint density at radius 3 is 2.74 bits per heavy atom. The summed E-state index contributed by atoms with van der Waals surface area (Å²) in [7, 11) is 1.62. The van der Waals surface area contributed by atoms with Crippen molar-refractivity contribution in [2.75, 3.05) is 32.1 Å². The third kappa shape index (κ3) is 5.22. The molecule has 1 fully saturated rings. The molecule has 3 aromatic rings. The van der Waals surface area contributed by atoms with Gasteiger partial charge in [-0.25, -0.2) is 0 Å². The highest BCUT2D eigenvalue weighted by Gasteiger charge is 2.18. The maximum Gasteiger partial charge on any atom is 0.254 e. The Bertz CT molecular complexity index is 1070. The normalized spacial score (nSPS) is 15.6. The summed E-state index contributed by atoms with van der Waals surface area (Å²) in [6.45, 7) is 1.20. The fourth-order valence-electron chi connectivity index (χ4n) is 3.72. The second-order valence-corrected chi connectivity index (χ2v) is 7.71. The summed E-state index contributed by atoms with van der Waals surface area (Å²) in [5, 5.41) is 4.92. The van der Waals surface area contributed by atoms with Gasteiger partial charge < -0.3 is 19.7 Å². The van der Waals surface area contributed by atoms with Crippen LogP contribution in [0.15, 0.2) is 66.7 Å². The molecule has 4 rings (SSSR count). The largest absolute Gasteiger partial charge is 0.491 e. The number of hydrogen-bond donors (Lipinski definition) is 1. The average Bonchev–Trinajstić information content (AvgIpc) is 3.31. The predicted octanol–water partition coefficient (Wildman–Crippen LogP) is 4.11. The second-order valence-electron chi connectivity index (χ2n) is 7.71. The molecule has 1 heterocycles. The number of likely N-dealkylation sites (N-methyl/N-ethyl adjacent to an activating group) is 1. The van der Waals surface area contributed by atoms with Gasteiger partial charge in [0.25, 0.3) is 5.91 Å². The van der Waals surface area contributed by atoms with Gasteiger partial charge in [0, 0.05) is 30.3 Å². The van der Waals surface area contributed by atoms with Crippen LogP contribution in [0.2, 0.25) is 0 Å². The number of carbonyl (C=O) groups excluding carboxylic acids is 2. The van der Waals surface area contributed by atoms with Crippen molar-refractivity contribution >= 4 is 28.3 Å². The van der Waals surface area contributed by atoms with Gasteiger partial charge in [-0.2, -0.15) is 0 Å². The molecule has 0 bridgehead atoms. The van der Waals surface area contributed by atoms with E-state index in [0.717, 1.165) is 35.9 Å². The van der Waals surface area contributed by atoms with Crippen molar-refractivity contribution in [3.8, 4) is 5.75 Å². The van der Waals surface area contributed by atoms with Crippen molar-refractivity contribution in [2.45, 2.75) is 18.9 Å². The third-order valence-corrected chi connectivity index (χ3v) is 5.33. The summed E-state index contributed by atoms with van der Waals surface area (Å²) in [5.41, 5.74) is 1.21. The lowest BCUT2D eigenvalue weighted by Gasteiger charge is -2.18. The highest BCUT2D eigenvalue weighted by molar-refractivity contribution is 6.04. The minimum absolute atomic E-state index is 0.0525.